The highest BCUT2D eigenvalue weighted by molar-refractivity contribution is 5.78. The number of piperidine rings is 1. The van der Waals surface area contributed by atoms with Crippen LogP contribution in [0, 0.1) is 0 Å². The lowest BCUT2D eigenvalue weighted by molar-refractivity contribution is -0.133. The van der Waals surface area contributed by atoms with Gasteiger partial charge in [-0.25, -0.2) is 9.97 Å². The van der Waals surface area contributed by atoms with E-state index in [0.29, 0.717) is 13.1 Å². The number of rotatable bonds is 3. The number of hydrogen-bond acceptors (Lipinski definition) is 5. The van der Waals surface area contributed by atoms with Gasteiger partial charge in [0.15, 0.2) is 0 Å². The molecule has 4 rings (SSSR count). The van der Waals surface area contributed by atoms with Crippen LogP contribution in [0.4, 0.5) is 0 Å². The third-order valence-corrected chi connectivity index (χ3v) is 6.59. The fraction of sp³-hybridized carbons (Fsp3) is 0.727. The van der Waals surface area contributed by atoms with Gasteiger partial charge in [0.25, 0.3) is 0 Å². The van der Waals surface area contributed by atoms with Crippen molar-refractivity contribution in [3.8, 4) is 0 Å². The molecule has 0 spiro atoms. The summed E-state index contributed by atoms with van der Waals surface area (Å²) in [4.78, 5) is 40.2. The van der Waals surface area contributed by atoms with Crippen molar-refractivity contribution >= 4 is 11.8 Å². The molecule has 158 valence electrons. The van der Waals surface area contributed by atoms with Crippen molar-refractivity contribution in [3.05, 3.63) is 23.3 Å². The zero-order valence-electron chi connectivity index (χ0n) is 17.6. The Hall–Kier alpha value is -2.02. The van der Waals surface area contributed by atoms with E-state index < -0.39 is 0 Å². The van der Waals surface area contributed by atoms with E-state index in [4.69, 9.17) is 4.98 Å². The Morgan fingerprint density at radius 1 is 1.03 bits per heavy atom. The number of amides is 2. The van der Waals surface area contributed by atoms with Gasteiger partial charge in [0.1, 0.15) is 5.82 Å². The maximum atomic E-state index is 12.9. The second kappa shape index (κ2) is 9.20. The van der Waals surface area contributed by atoms with E-state index >= 15 is 0 Å². The normalized spacial score (nSPS) is 23.4. The molecule has 7 heteroatoms. The highest BCUT2D eigenvalue weighted by atomic mass is 16.2. The number of carbonyl (C=O) groups is 2. The van der Waals surface area contributed by atoms with Crippen LogP contribution in [0.5, 0.6) is 0 Å². The van der Waals surface area contributed by atoms with Gasteiger partial charge in [-0.1, -0.05) is 12.8 Å². The molecule has 1 atom stereocenters. The summed E-state index contributed by atoms with van der Waals surface area (Å²) in [5.74, 6) is 1.44. The largest absolute Gasteiger partial charge is 0.341 e. The van der Waals surface area contributed by atoms with Crippen LogP contribution in [-0.2, 0) is 22.6 Å². The summed E-state index contributed by atoms with van der Waals surface area (Å²) in [5, 5.41) is 0. The van der Waals surface area contributed by atoms with Crippen molar-refractivity contribution in [2.24, 2.45) is 0 Å². The van der Waals surface area contributed by atoms with Gasteiger partial charge in [-0.05, 0) is 38.8 Å². The van der Waals surface area contributed by atoms with Gasteiger partial charge in [0, 0.05) is 57.2 Å². The minimum absolute atomic E-state index is 0.102. The van der Waals surface area contributed by atoms with E-state index in [9.17, 15) is 9.59 Å². The second-order valence-corrected chi connectivity index (χ2v) is 8.76. The Bertz CT molecular complexity index is 745. The molecule has 0 bridgehead atoms. The van der Waals surface area contributed by atoms with E-state index in [-0.39, 0.29) is 17.7 Å². The number of aromatic nitrogens is 2. The van der Waals surface area contributed by atoms with Crippen LogP contribution >= 0.6 is 0 Å². The number of nitrogens with zero attached hydrogens (tertiary/aromatic N) is 5. The monoisotopic (exact) mass is 399 g/mol. The molecule has 29 heavy (non-hydrogen) atoms. The average Bonchev–Trinajstić information content (AvgIpc) is 3.01. The smallest absolute Gasteiger partial charge is 0.236 e. The molecule has 4 heterocycles. The van der Waals surface area contributed by atoms with Crippen LogP contribution in [0.3, 0.4) is 0 Å². The van der Waals surface area contributed by atoms with Crippen LogP contribution in [0.2, 0.25) is 0 Å². The molecule has 0 saturated carbocycles. The molecule has 0 aliphatic carbocycles. The minimum Gasteiger partial charge on any atom is -0.341 e. The summed E-state index contributed by atoms with van der Waals surface area (Å²) in [6.07, 6.45) is 9.72. The summed E-state index contributed by atoms with van der Waals surface area (Å²) >= 11 is 0. The Labute approximate surface area is 173 Å². The maximum Gasteiger partial charge on any atom is 0.236 e. The topological polar surface area (TPSA) is 69.6 Å². The zero-order valence-corrected chi connectivity index (χ0v) is 17.6. The molecule has 3 aliphatic rings. The van der Waals surface area contributed by atoms with E-state index in [2.05, 4.69) is 9.88 Å². The molecule has 7 nitrogen and oxygen atoms in total. The molecule has 2 amide bonds. The highest BCUT2D eigenvalue weighted by Gasteiger charge is 2.29. The average molecular weight is 400 g/mol. The number of hydrogen-bond donors (Lipinski definition) is 0. The van der Waals surface area contributed by atoms with Crippen molar-refractivity contribution in [2.75, 3.05) is 39.3 Å². The van der Waals surface area contributed by atoms with Crippen LogP contribution in [0.15, 0.2) is 6.20 Å². The molecule has 0 unspecified atom stereocenters. The van der Waals surface area contributed by atoms with Crippen molar-refractivity contribution in [1.29, 1.82) is 0 Å². The van der Waals surface area contributed by atoms with Crippen molar-refractivity contribution < 1.29 is 9.59 Å². The fourth-order valence-electron chi connectivity index (χ4n) is 4.80. The van der Waals surface area contributed by atoms with Crippen molar-refractivity contribution in [3.63, 3.8) is 0 Å². The summed E-state index contributed by atoms with van der Waals surface area (Å²) < 4.78 is 0. The molecule has 2 saturated heterocycles. The number of fused-ring (bicyclic) bond motifs is 1. The predicted octanol–water partition coefficient (Wildman–Crippen LogP) is 1.96. The summed E-state index contributed by atoms with van der Waals surface area (Å²) in [5.41, 5.74) is 2.13. The first-order chi connectivity index (χ1) is 14.1. The standard InChI is InChI=1S/C22H33N5O2/c1-17(28)26-12-8-20-19(15-26)13-23-22(24-20)18-7-6-11-27(14-18)21(29)16-25-9-4-2-3-5-10-25/h13,18H,2-12,14-16H2,1H3/t18-/m0/s1. The lowest BCUT2D eigenvalue weighted by atomic mass is 9.96. The zero-order chi connectivity index (χ0) is 20.2. The van der Waals surface area contributed by atoms with Gasteiger partial charge in [-0.15, -0.1) is 0 Å². The van der Waals surface area contributed by atoms with E-state index in [1.54, 1.807) is 6.92 Å². The van der Waals surface area contributed by atoms with Crippen LogP contribution in [-0.4, -0.2) is 75.8 Å². The van der Waals surface area contributed by atoms with E-state index in [1.165, 1.54) is 25.7 Å². The number of likely N-dealkylation sites (tertiary alicyclic amines) is 2. The Morgan fingerprint density at radius 2 is 1.83 bits per heavy atom. The molecule has 2 fully saturated rings. The van der Waals surface area contributed by atoms with Gasteiger partial charge in [-0.3, -0.25) is 14.5 Å². The van der Waals surface area contributed by atoms with Gasteiger partial charge >= 0.3 is 0 Å². The van der Waals surface area contributed by atoms with Crippen molar-refractivity contribution in [1.82, 2.24) is 24.7 Å². The van der Waals surface area contributed by atoms with Gasteiger partial charge in [0.2, 0.25) is 11.8 Å². The number of carbonyl (C=O) groups excluding carboxylic acids is 2. The maximum absolute atomic E-state index is 12.9. The molecule has 1 aromatic heterocycles. The Balaban J connectivity index is 1.38. The first kappa shape index (κ1) is 20.3. The third kappa shape index (κ3) is 4.94. The molecule has 0 N–H and O–H groups in total. The third-order valence-electron chi connectivity index (χ3n) is 6.59. The lowest BCUT2D eigenvalue weighted by Crippen LogP contribution is -2.45. The Morgan fingerprint density at radius 3 is 2.59 bits per heavy atom. The van der Waals surface area contributed by atoms with Gasteiger partial charge in [0.05, 0.1) is 12.2 Å². The van der Waals surface area contributed by atoms with E-state index in [1.807, 2.05) is 16.0 Å². The first-order valence-electron chi connectivity index (χ1n) is 11.2. The van der Waals surface area contributed by atoms with Crippen molar-refractivity contribution in [2.45, 2.75) is 64.3 Å². The summed E-state index contributed by atoms with van der Waals surface area (Å²) in [6, 6.07) is 0. The fourth-order valence-corrected chi connectivity index (χ4v) is 4.80. The highest BCUT2D eigenvalue weighted by Crippen LogP contribution is 2.26. The van der Waals surface area contributed by atoms with Crippen LogP contribution in [0.1, 0.15) is 68.4 Å². The summed E-state index contributed by atoms with van der Waals surface area (Å²) in [7, 11) is 0. The first-order valence-corrected chi connectivity index (χ1v) is 11.2. The van der Waals surface area contributed by atoms with Gasteiger partial charge < -0.3 is 9.80 Å². The minimum atomic E-state index is 0.102. The predicted molar refractivity (Wildman–Crippen MR) is 110 cm³/mol. The molecule has 0 aromatic carbocycles. The molecule has 3 aliphatic heterocycles. The lowest BCUT2D eigenvalue weighted by Gasteiger charge is -2.34. The Kier molecular flexibility index (Phi) is 6.43. The quantitative estimate of drug-likeness (QED) is 0.777. The second-order valence-electron chi connectivity index (χ2n) is 8.76. The molecular weight excluding hydrogens is 366 g/mol. The molecular formula is C22H33N5O2. The molecule has 1 aromatic rings. The van der Waals surface area contributed by atoms with E-state index in [0.717, 1.165) is 69.1 Å². The molecule has 0 radical (unpaired) electrons. The van der Waals surface area contributed by atoms with Crippen LogP contribution in [0.25, 0.3) is 0 Å². The SMILES string of the molecule is CC(=O)N1CCc2nc([C@H]3CCCN(C(=O)CN4CCCCCC4)C3)ncc2C1. The van der Waals surface area contributed by atoms with Crippen LogP contribution < -0.4 is 0 Å². The van der Waals surface area contributed by atoms with Gasteiger partial charge in [-0.2, -0.15) is 0 Å². The summed E-state index contributed by atoms with van der Waals surface area (Å²) in [6.45, 7) is 7.17.